The van der Waals surface area contributed by atoms with Gasteiger partial charge in [-0.3, -0.25) is 0 Å². The molecule has 0 amide bonds. The highest BCUT2D eigenvalue weighted by molar-refractivity contribution is 7.91. The highest BCUT2D eigenvalue weighted by atomic mass is 35.5. The molecule has 0 aliphatic carbocycles. The van der Waals surface area contributed by atoms with E-state index in [0.29, 0.717) is 47.7 Å². The van der Waals surface area contributed by atoms with Gasteiger partial charge in [0.05, 0.1) is 35.8 Å². The summed E-state index contributed by atoms with van der Waals surface area (Å²) >= 11 is 12.3. The standard InChI is InChI=1S/C20H18Cl2N2O5S/c1-27-14-3-5-15(6-4-14)30(25,26)19-20(24-8-10-28-11-9-24)29-18(23-19)16-7-2-13(21)12-17(16)22/h2-7,12H,8-11H2,1H3. The van der Waals surface area contributed by atoms with Gasteiger partial charge in [-0.25, -0.2) is 8.42 Å². The summed E-state index contributed by atoms with van der Waals surface area (Å²) in [7, 11) is -2.45. The van der Waals surface area contributed by atoms with Crippen LogP contribution in [0.15, 0.2) is 56.8 Å². The zero-order chi connectivity index (χ0) is 21.3. The van der Waals surface area contributed by atoms with Crippen LogP contribution in [0.5, 0.6) is 5.75 Å². The molecule has 2 heterocycles. The Morgan fingerprint density at radius 2 is 1.77 bits per heavy atom. The van der Waals surface area contributed by atoms with Gasteiger partial charge in [-0.15, -0.1) is 0 Å². The average molecular weight is 469 g/mol. The van der Waals surface area contributed by atoms with Crippen molar-refractivity contribution in [1.82, 2.24) is 4.98 Å². The Hall–Kier alpha value is -2.26. The maximum atomic E-state index is 13.4. The Kier molecular flexibility index (Phi) is 5.92. The first-order valence-corrected chi connectivity index (χ1v) is 11.3. The van der Waals surface area contributed by atoms with Gasteiger partial charge in [0.15, 0.2) is 0 Å². The van der Waals surface area contributed by atoms with Crippen molar-refractivity contribution in [3.05, 3.63) is 52.5 Å². The molecule has 3 aromatic rings. The number of anilines is 1. The molecular formula is C20H18Cl2N2O5S. The van der Waals surface area contributed by atoms with Gasteiger partial charge in [0.2, 0.25) is 26.6 Å². The van der Waals surface area contributed by atoms with Gasteiger partial charge < -0.3 is 18.8 Å². The molecule has 1 aliphatic heterocycles. The third-order valence-electron chi connectivity index (χ3n) is 4.66. The molecule has 158 valence electrons. The lowest BCUT2D eigenvalue weighted by atomic mass is 10.2. The van der Waals surface area contributed by atoms with Crippen LogP contribution in [0.3, 0.4) is 0 Å². The first kappa shape index (κ1) is 21.0. The third kappa shape index (κ3) is 4.00. The van der Waals surface area contributed by atoms with Crippen molar-refractivity contribution in [3.8, 4) is 17.2 Å². The van der Waals surface area contributed by atoms with Gasteiger partial charge in [-0.2, -0.15) is 4.98 Å². The minimum absolute atomic E-state index is 0.0832. The quantitative estimate of drug-likeness (QED) is 0.550. The maximum Gasteiger partial charge on any atom is 0.236 e. The van der Waals surface area contributed by atoms with E-state index in [4.69, 9.17) is 37.1 Å². The van der Waals surface area contributed by atoms with Gasteiger partial charge in [0, 0.05) is 18.1 Å². The number of hydrogen-bond acceptors (Lipinski definition) is 7. The Bertz CT molecular complexity index is 1160. The summed E-state index contributed by atoms with van der Waals surface area (Å²) in [6, 6.07) is 10.9. The van der Waals surface area contributed by atoms with E-state index in [-0.39, 0.29) is 21.7 Å². The van der Waals surface area contributed by atoms with Crippen molar-refractivity contribution >= 4 is 38.9 Å². The van der Waals surface area contributed by atoms with Crippen LogP contribution in [-0.4, -0.2) is 46.8 Å². The van der Waals surface area contributed by atoms with E-state index < -0.39 is 9.84 Å². The van der Waals surface area contributed by atoms with Crippen LogP contribution in [-0.2, 0) is 14.6 Å². The second-order valence-electron chi connectivity index (χ2n) is 6.53. The number of nitrogens with zero attached hydrogens (tertiary/aromatic N) is 2. The molecule has 10 heteroatoms. The summed E-state index contributed by atoms with van der Waals surface area (Å²) < 4.78 is 43.2. The van der Waals surface area contributed by atoms with Crippen molar-refractivity contribution in [1.29, 1.82) is 0 Å². The van der Waals surface area contributed by atoms with Crippen LogP contribution in [0.25, 0.3) is 11.5 Å². The zero-order valence-corrected chi connectivity index (χ0v) is 18.3. The monoisotopic (exact) mass is 468 g/mol. The van der Waals surface area contributed by atoms with Crippen molar-refractivity contribution in [2.45, 2.75) is 9.92 Å². The molecule has 30 heavy (non-hydrogen) atoms. The first-order valence-electron chi connectivity index (χ1n) is 9.08. The van der Waals surface area contributed by atoms with Crippen LogP contribution in [0, 0.1) is 0 Å². The smallest absolute Gasteiger partial charge is 0.236 e. The Balaban J connectivity index is 1.84. The summed E-state index contributed by atoms with van der Waals surface area (Å²) in [4.78, 5) is 6.23. The average Bonchev–Trinajstić information content (AvgIpc) is 3.20. The molecule has 0 saturated carbocycles. The second-order valence-corrected chi connectivity index (χ2v) is 9.24. The molecule has 1 fully saturated rings. The van der Waals surface area contributed by atoms with Gasteiger partial charge in [0.1, 0.15) is 5.75 Å². The van der Waals surface area contributed by atoms with Gasteiger partial charge >= 0.3 is 0 Å². The minimum atomic E-state index is -3.96. The fourth-order valence-corrected chi connectivity index (χ4v) is 4.89. The molecule has 4 rings (SSSR count). The molecule has 0 bridgehead atoms. The van der Waals surface area contributed by atoms with E-state index in [1.807, 2.05) is 0 Å². The molecule has 0 radical (unpaired) electrons. The normalized spacial score (nSPS) is 14.7. The summed E-state index contributed by atoms with van der Waals surface area (Å²) in [6.07, 6.45) is 0. The fraction of sp³-hybridized carbons (Fsp3) is 0.250. The van der Waals surface area contributed by atoms with E-state index in [1.54, 1.807) is 35.2 Å². The van der Waals surface area contributed by atoms with Gasteiger partial charge in [-0.1, -0.05) is 23.2 Å². The predicted molar refractivity (Wildman–Crippen MR) is 113 cm³/mol. The van der Waals surface area contributed by atoms with Crippen LogP contribution < -0.4 is 9.64 Å². The van der Waals surface area contributed by atoms with E-state index >= 15 is 0 Å². The van der Waals surface area contributed by atoms with E-state index in [0.717, 1.165) is 0 Å². The topological polar surface area (TPSA) is 81.9 Å². The Labute approximate surface area is 184 Å². The largest absolute Gasteiger partial charge is 0.497 e. The predicted octanol–water partition coefficient (Wildman–Crippen LogP) is 4.33. The fourth-order valence-electron chi connectivity index (χ4n) is 3.08. The summed E-state index contributed by atoms with van der Waals surface area (Å²) in [5.41, 5.74) is 0.451. The zero-order valence-electron chi connectivity index (χ0n) is 16.0. The molecule has 7 nitrogen and oxygen atoms in total. The van der Waals surface area contributed by atoms with Gasteiger partial charge in [-0.05, 0) is 42.5 Å². The van der Waals surface area contributed by atoms with Crippen LogP contribution in [0.2, 0.25) is 10.0 Å². The van der Waals surface area contributed by atoms with Crippen molar-refractivity contribution in [2.24, 2.45) is 0 Å². The highest BCUT2D eigenvalue weighted by Crippen LogP contribution is 2.38. The molecule has 2 aromatic carbocycles. The second kappa shape index (κ2) is 8.47. The molecular weight excluding hydrogens is 451 g/mol. The lowest BCUT2D eigenvalue weighted by Crippen LogP contribution is -2.36. The number of hydrogen-bond donors (Lipinski definition) is 0. The number of oxazole rings is 1. The Morgan fingerprint density at radius 3 is 2.40 bits per heavy atom. The molecule has 0 N–H and O–H groups in total. The summed E-state index contributed by atoms with van der Waals surface area (Å²) in [5, 5.41) is 0.594. The molecule has 1 saturated heterocycles. The van der Waals surface area contributed by atoms with E-state index in [2.05, 4.69) is 4.98 Å². The lowest BCUT2D eigenvalue weighted by molar-refractivity contribution is 0.120. The molecule has 0 unspecified atom stereocenters. The lowest BCUT2D eigenvalue weighted by Gasteiger charge is -2.26. The van der Waals surface area contributed by atoms with Crippen LogP contribution in [0.4, 0.5) is 5.88 Å². The number of ether oxygens (including phenoxy) is 2. The van der Waals surface area contributed by atoms with Crippen molar-refractivity contribution in [3.63, 3.8) is 0 Å². The number of rotatable bonds is 5. The number of aromatic nitrogens is 1. The number of benzene rings is 2. The molecule has 0 atom stereocenters. The first-order chi connectivity index (χ1) is 14.4. The van der Waals surface area contributed by atoms with Crippen molar-refractivity contribution < 1.29 is 22.3 Å². The SMILES string of the molecule is COc1ccc(S(=O)(=O)c2nc(-c3ccc(Cl)cc3Cl)oc2N2CCOCC2)cc1. The molecule has 1 aliphatic rings. The number of sulfone groups is 1. The van der Waals surface area contributed by atoms with E-state index in [9.17, 15) is 8.42 Å². The maximum absolute atomic E-state index is 13.4. The third-order valence-corrected chi connectivity index (χ3v) is 6.88. The van der Waals surface area contributed by atoms with Crippen LogP contribution in [0.1, 0.15) is 0 Å². The van der Waals surface area contributed by atoms with E-state index in [1.165, 1.54) is 19.2 Å². The number of morpholine rings is 1. The summed E-state index contributed by atoms with van der Waals surface area (Å²) in [5.74, 6) is 0.816. The van der Waals surface area contributed by atoms with Crippen molar-refractivity contribution in [2.75, 3.05) is 38.3 Å². The Morgan fingerprint density at radius 1 is 1.07 bits per heavy atom. The molecule has 0 spiro atoms. The molecule has 1 aromatic heterocycles. The van der Waals surface area contributed by atoms with Crippen LogP contribution >= 0.6 is 23.2 Å². The van der Waals surface area contributed by atoms with Gasteiger partial charge in [0.25, 0.3) is 0 Å². The number of halogens is 2. The summed E-state index contributed by atoms with van der Waals surface area (Å²) in [6.45, 7) is 1.88. The number of methoxy groups -OCH3 is 1. The minimum Gasteiger partial charge on any atom is -0.497 e. The highest BCUT2D eigenvalue weighted by Gasteiger charge is 2.32.